The summed E-state index contributed by atoms with van der Waals surface area (Å²) in [5, 5.41) is 12.1. The molecule has 0 unspecified atom stereocenters. The van der Waals surface area contributed by atoms with E-state index in [4.69, 9.17) is 9.47 Å². The number of carbonyl (C=O) groups excluding carboxylic acids is 2. The quantitative estimate of drug-likeness (QED) is 0.250. The Bertz CT molecular complexity index is 1190. The third-order valence-corrected chi connectivity index (χ3v) is 6.38. The van der Waals surface area contributed by atoms with E-state index >= 15 is 0 Å². The summed E-state index contributed by atoms with van der Waals surface area (Å²) in [5.74, 6) is 1.44. The zero-order chi connectivity index (χ0) is 26.1. The summed E-state index contributed by atoms with van der Waals surface area (Å²) in [6.45, 7) is 11.6. The van der Waals surface area contributed by atoms with Crippen molar-refractivity contribution in [2.75, 3.05) is 17.7 Å². The van der Waals surface area contributed by atoms with Crippen molar-refractivity contribution in [2.24, 2.45) is 0 Å². The van der Waals surface area contributed by atoms with Crippen molar-refractivity contribution in [3.63, 3.8) is 0 Å². The lowest BCUT2D eigenvalue weighted by Gasteiger charge is -2.15. The lowest BCUT2D eigenvalue weighted by molar-refractivity contribution is -0.113. The lowest BCUT2D eigenvalue weighted by atomic mass is 10.0. The molecule has 0 saturated heterocycles. The maximum atomic E-state index is 12.6. The smallest absolute Gasteiger partial charge is 0.338 e. The van der Waals surface area contributed by atoms with Crippen LogP contribution in [0.2, 0.25) is 0 Å². The number of nitrogens with zero attached hydrogens (tertiary/aromatic N) is 3. The maximum Gasteiger partial charge on any atom is 0.338 e. The summed E-state index contributed by atoms with van der Waals surface area (Å²) in [5.41, 5.74) is 3.23. The molecule has 2 aromatic carbocycles. The number of hydrogen-bond donors (Lipinski definition) is 1. The summed E-state index contributed by atoms with van der Waals surface area (Å²) in [7, 11) is 0. The van der Waals surface area contributed by atoms with Crippen LogP contribution in [0.25, 0.3) is 0 Å². The van der Waals surface area contributed by atoms with E-state index in [0.29, 0.717) is 41.3 Å². The van der Waals surface area contributed by atoms with Gasteiger partial charge in [0, 0.05) is 12.2 Å². The molecule has 0 bridgehead atoms. The Hall–Kier alpha value is -3.33. The Balaban J connectivity index is 1.60. The normalized spacial score (nSPS) is 10.9. The number of esters is 1. The molecular formula is C27H34N4O4S. The number of benzene rings is 2. The van der Waals surface area contributed by atoms with Gasteiger partial charge in [0.05, 0.1) is 17.9 Å². The van der Waals surface area contributed by atoms with E-state index < -0.39 is 5.97 Å². The second kappa shape index (κ2) is 13.1. The minimum Gasteiger partial charge on any atom is -0.485 e. The van der Waals surface area contributed by atoms with Crippen LogP contribution < -0.4 is 10.1 Å². The van der Waals surface area contributed by atoms with Crippen molar-refractivity contribution >= 4 is 29.3 Å². The summed E-state index contributed by atoms with van der Waals surface area (Å²) in [6.07, 6.45) is 0.751. The van der Waals surface area contributed by atoms with E-state index in [0.717, 1.165) is 23.3 Å². The van der Waals surface area contributed by atoms with Gasteiger partial charge in [-0.05, 0) is 61.6 Å². The molecule has 0 saturated carbocycles. The number of aromatic nitrogens is 3. The average Bonchev–Trinajstić information content (AvgIpc) is 3.26. The molecule has 3 rings (SSSR count). The van der Waals surface area contributed by atoms with Crippen LogP contribution in [-0.4, -0.2) is 39.0 Å². The maximum absolute atomic E-state index is 12.6. The van der Waals surface area contributed by atoms with Crippen molar-refractivity contribution in [3.05, 3.63) is 65.0 Å². The summed E-state index contributed by atoms with van der Waals surface area (Å²) < 4.78 is 13.2. The van der Waals surface area contributed by atoms with Crippen LogP contribution in [0.3, 0.4) is 0 Å². The molecule has 0 aliphatic heterocycles. The van der Waals surface area contributed by atoms with Crippen molar-refractivity contribution in [1.29, 1.82) is 0 Å². The van der Waals surface area contributed by atoms with Crippen LogP contribution in [0.15, 0.2) is 47.6 Å². The van der Waals surface area contributed by atoms with E-state index in [1.807, 2.05) is 31.4 Å². The monoisotopic (exact) mass is 510 g/mol. The van der Waals surface area contributed by atoms with Gasteiger partial charge in [0.1, 0.15) is 12.4 Å². The zero-order valence-corrected chi connectivity index (χ0v) is 22.4. The summed E-state index contributed by atoms with van der Waals surface area (Å²) in [6, 6.07) is 13.0. The van der Waals surface area contributed by atoms with Crippen LogP contribution in [-0.2, 0) is 22.7 Å². The Morgan fingerprint density at radius 2 is 1.92 bits per heavy atom. The number of carbonyl (C=O) groups is 2. The molecule has 0 radical (unpaired) electrons. The van der Waals surface area contributed by atoms with Gasteiger partial charge in [-0.15, -0.1) is 10.2 Å². The molecule has 1 amide bonds. The number of anilines is 1. The first kappa shape index (κ1) is 27.3. The highest BCUT2D eigenvalue weighted by Gasteiger charge is 2.16. The summed E-state index contributed by atoms with van der Waals surface area (Å²) in [4.78, 5) is 24.6. The fourth-order valence-electron chi connectivity index (χ4n) is 3.57. The fourth-order valence-corrected chi connectivity index (χ4v) is 4.39. The largest absolute Gasteiger partial charge is 0.485 e. The Labute approximate surface area is 216 Å². The van der Waals surface area contributed by atoms with Gasteiger partial charge in [0.2, 0.25) is 5.91 Å². The number of ether oxygens (including phenoxy) is 2. The van der Waals surface area contributed by atoms with Gasteiger partial charge in [0.15, 0.2) is 11.0 Å². The molecule has 0 aliphatic carbocycles. The van der Waals surface area contributed by atoms with Crippen molar-refractivity contribution in [1.82, 2.24) is 14.8 Å². The number of rotatable bonds is 12. The predicted octanol–water partition coefficient (Wildman–Crippen LogP) is 5.61. The molecule has 192 valence electrons. The van der Waals surface area contributed by atoms with Crippen LogP contribution in [0.4, 0.5) is 5.69 Å². The molecule has 0 fully saturated rings. The Morgan fingerprint density at radius 1 is 1.11 bits per heavy atom. The van der Waals surface area contributed by atoms with Crippen LogP contribution in [0.5, 0.6) is 5.75 Å². The SMILES string of the molecule is CCCOC(=O)c1cccc(NC(=O)CSc2nnc(COc3cc(C)ccc3C(C)C)n2CC)c1. The van der Waals surface area contributed by atoms with Gasteiger partial charge < -0.3 is 19.4 Å². The van der Waals surface area contributed by atoms with Gasteiger partial charge >= 0.3 is 5.97 Å². The van der Waals surface area contributed by atoms with Gasteiger partial charge in [-0.25, -0.2) is 4.79 Å². The van der Waals surface area contributed by atoms with E-state index in [1.54, 1.807) is 24.3 Å². The molecule has 0 atom stereocenters. The number of amides is 1. The van der Waals surface area contributed by atoms with E-state index in [9.17, 15) is 9.59 Å². The standard InChI is InChI=1S/C27H34N4O4S/c1-6-13-34-26(33)20-9-8-10-21(15-20)28-25(32)17-36-27-30-29-24(31(27)7-2)16-35-23-14-19(5)11-12-22(23)18(3)4/h8-12,14-15,18H,6-7,13,16-17H2,1-5H3,(H,28,32). The number of hydrogen-bond acceptors (Lipinski definition) is 7. The first-order valence-electron chi connectivity index (χ1n) is 12.2. The van der Waals surface area contributed by atoms with Crippen molar-refractivity contribution in [2.45, 2.75) is 65.3 Å². The van der Waals surface area contributed by atoms with E-state index in [2.05, 4.69) is 41.5 Å². The molecule has 1 aromatic heterocycles. The minimum absolute atomic E-state index is 0.152. The van der Waals surface area contributed by atoms with Gasteiger partial charge in [-0.1, -0.05) is 50.7 Å². The number of nitrogens with one attached hydrogen (secondary N) is 1. The van der Waals surface area contributed by atoms with Gasteiger partial charge in [0.25, 0.3) is 0 Å². The topological polar surface area (TPSA) is 95.3 Å². The zero-order valence-electron chi connectivity index (χ0n) is 21.5. The fraction of sp³-hybridized carbons (Fsp3) is 0.407. The second-order valence-electron chi connectivity index (χ2n) is 8.68. The molecule has 0 aliphatic rings. The summed E-state index contributed by atoms with van der Waals surface area (Å²) >= 11 is 1.30. The predicted molar refractivity (Wildman–Crippen MR) is 142 cm³/mol. The minimum atomic E-state index is -0.403. The highest BCUT2D eigenvalue weighted by Crippen LogP contribution is 2.28. The number of thioether (sulfide) groups is 1. The highest BCUT2D eigenvalue weighted by atomic mass is 32.2. The molecule has 0 spiro atoms. The highest BCUT2D eigenvalue weighted by molar-refractivity contribution is 7.99. The van der Waals surface area contributed by atoms with Crippen LogP contribution in [0, 0.1) is 6.92 Å². The Kier molecular flexibility index (Phi) is 9.93. The molecule has 36 heavy (non-hydrogen) atoms. The van der Waals surface area contributed by atoms with E-state index in [-0.39, 0.29) is 18.3 Å². The first-order chi connectivity index (χ1) is 17.3. The van der Waals surface area contributed by atoms with Crippen LogP contribution in [0.1, 0.15) is 67.3 Å². The molecule has 9 heteroatoms. The molecule has 8 nitrogen and oxygen atoms in total. The Morgan fingerprint density at radius 3 is 2.64 bits per heavy atom. The lowest BCUT2D eigenvalue weighted by Crippen LogP contribution is -2.15. The molecular weight excluding hydrogens is 476 g/mol. The second-order valence-corrected chi connectivity index (χ2v) is 9.62. The van der Waals surface area contributed by atoms with E-state index in [1.165, 1.54) is 11.8 Å². The third kappa shape index (κ3) is 7.34. The first-order valence-corrected chi connectivity index (χ1v) is 13.2. The average molecular weight is 511 g/mol. The van der Waals surface area contributed by atoms with Crippen molar-refractivity contribution in [3.8, 4) is 5.75 Å². The molecule has 1 N–H and O–H groups in total. The van der Waals surface area contributed by atoms with Crippen molar-refractivity contribution < 1.29 is 19.1 Å². The molecule has 3 aromatic rings. The van der Waals surface area contributed by atoms with Gasteiger partial charge in [-0.2, -0.15) is 0 Å². The van der Waals surface area contributed by atoms with Crippen LogP contribution >= 0.6 is 11.8 Å². The third-order valence-electron chi connectivity index (χ3n) is 5.41. The molecule has 1 heterocycles. The van der Waals surface area contributed by atoms with Gasteiger partial charge in [-0.3, -0.25) is 4.79 Å². The number of aryl methyl sites for hydroxylation is 1.